The molecule has 58 heavy (non-hydrogen) atoms. The summed E-state index contributed by atoms with van der Waals surface area (Å²) in [5.41, 5.74) is -2.74. The molecule has 0 unspecified atom stereocenters. The Hall–Kier alpha value is -3.00. The van der Waals surface area contributed by atoms with Gasteiger partial charge in [-0.3, -0.25) is 33.6 Å². The van der Waals surface area contributed by atoms with E-state index in [0.717, 1.165) is 83.7 Å². The Bertz CT molecular complexity index is 1810. The predicted octanol–water partition coefficient (Wildman–Crippen LogP) is 4.31. The first-order valence-electron chi connectivity index (χ1n) is 22.3. The van der Waals surface area contributed by atoms with E-state index >= 15 is 4.79 Å². The lowest BCUT2D eigenvalue weighted by Crippen LogP contribution is -2.63. The molecule has 0 radical (unpaired) electrons. The topological polar surface area (TPSA) is 174 Å². The summed E-state index contributed by atoms with van der Waals surface area (Å²) < 4.78 is 28.0. The largest absolute Gasteiger partial charge is 0.343 e. The lowest BCUT2D eigenvalue weighted by molar-refractivity contribution is -0.145. The highest BCUT2D eigenvalue weighted by Crippen LogP contribution is 2.88. The SMILES string of the molecule is C=C[C@@H]1C[C@]1(NC(=O)[C@@H]1C[C@@]2(CN1C(=O)[C@@H](NC(=O)[C@@H](NC(=O)[C@@H]1CCCN1CC)C1CCCCC1)C(C)(C)C)C(C)(C)C21CCC1)C(=O)NS(=O)(=O)C1(C)CCC1. The highest BCUT2D eigenvalue weighted by atomic mass is 32.2. The average Bonchev–Trinajstić information content (AvgIpc) is 3.65. The minimum atomic E-state index is -4.00. The van der Waals surface area contributed by atoms with Crippen molar-refractivity contribution in [2.45, 2.75) is 179 Å². The Kier molecular flexibility index (Phi) is 11.1. The molecule has 0 bridgehead atoms. The summed E-state index contributed by atoms with van der Waals surface area (Å²) >= 11 is 0. The molecule has 7 fully saturated rings. The van der Waals surface area contributed by atoms with Gasteiger partial charge in [0, 0.05) is 17.9 Å². The standard InChI is InChI=1S/C44H70N6O7S/c1-9-29-25-44(29,38(55)48-58(56,57)41(8)20-15-21-41)47-35(52)31-26-43(40(6,7)42(43)22-16-23-42)27-50(31)37(54)33(39(3,4)5)46-36(53)32(28-17-12-11-13-18-28)45-34(51)30-19-14-24-49(30)10-2/h9,28-33H,1,10-27H2,2-8H3,(H,45,51)(H,46,53)(H,47,52)(H,48,55)/t29-,30+,31+,32+,33-,43-,44-/m1/s1. The molecule has 4 N–H and O–H groups in total. The Balaban J connectivity index is 1.16. The van der Waals surface area contributed by atoms with Crippen molar-refractivity contribution in [2.75, 3.05) is 19.6 Å². The van der Waals surface area contributed by atoms with E-state index in [0.29, 0.717) is 25.8 Å². The van der Waals surface area contributed by atoms with Crippen molar-refractivity contribution >= 4 is 39.6 Å². The third-order valence-corrected chi connectivity index (χ3v) is 19.1. The molecule has 5 aliphatic carbocycles. The molecule has 7 rings (SSSR count). The van der Waals surface area contributed by atoms with Crippen molar-refractivity contribution in [1.82, 2.24) is 30.5 Å². The molecule has 14 heteroatoms. The van der Waals surface area contributed by atoms with Gasteiger partial charge in [0.15, 0.2) is 0 Å². The van der Waals surface area contributed by atoms with Crippen molar-refractivity contribution in [2.24, 2.45) is 33.5 Å². The van der Waals surface area contributed by atoms with Gasteiger partial charge in [0.2, 0.25) is 33.7 Å². The number of nitrogens with zero attached hydrogens (tertiary/aromatic N) is 2. The van der Waals surface area contributed by atoms with Gasteiger partial charge in [0.05, 0.1) is 10.8 Å². The van der Waals surface area contributed by atoms with Gasteiger partial charge in [-0.2, -0.15) is 0 Å². The van der Waals surface area contributed by atoms with Gasteiger partial charge >= 0.3 is 0 Å². The van der Waals surface area contributed by atoms with E-state index < -0.39 is 61.6 Å². The molecule has 0 aromatic carbocycles. The normalized spacial score (nSPS) is 33.3. The second-order valence-corrected chi connectivity index (χ2v) is 23.2. The predicted molar refractivity (Wildman–Crippen MR) is 221 cm³/mol. The number of carbonyl (C=O) groups excluding carboxylic acids is 5. The van der Waals surface area contributed by atoms with Crippen LogP contribution in [0.15, 0.2) is 12.7 Å². The van der Waals surface area contributed by atoms with Crippen molar-refractivity contribution in [1.29, 1.82) is 0 Å². The van der Waals surface area contributed by atoms with E-state index in [2.05, 4.69) is 46.0 Å². The molecule has 0 aromatic heterocycles. The fraction of sp³-hybridized carbons (Fsp3) is 0.841. The second kappa shape index (κ2) is 14.9. The molecule has 324 valence electrons. The van der Waals surface area contributed by atoms with Crippen molar-refractivity contribution < 1.29 is 32.4 Å². The Morgan fingerprint density at radius 3 is 2.00 bits per heavy atom. The number of sulfonamides is 1. The van der Waals surface area contributed by atoms with Gasteiger partial charge in [-0.05, 0) is 106 Å². The summed E-state index contributed by atoms with van der Waals surface area (Å²) in [6, 6.07) is -3.04. The van der Waals surface area contributed by atoms with Gasteiger partial charge in [-0.1, -0.05) is 79.7 Å². The summed E-state index contributed by atoms with van der Waals surface area (Å²) in [6.07, 6.45) is 13.3. The molecule has 2 saturated heterocycles. The van der Waals surface area contributed by atoms with Crippen LogP contribution in [-0.2, 0) is 34.0 Å². The van der Waals surface area contributed by atoms with Gasteiger partial charge in [0.25, 0.3) is 5.91 Å². The van der Waals surface area contributed by atoms with Crippen LogP contribution >= 0.6 is 0 Å². The number of hydrogen-bond donors (Lipinski definition) is 4. The number of fused-ring (bicyclic) bond motifs is 1. The van der Waals surface area contributed by atoms with Crippen LogP contribution in [0.4, 0.5) is 0 Å². The van der Waals surface area contributed by atoms with Crippen LogP contribution in [0.3, 0.4) is 0 Å². The van der Waals surface area contributed by atoms with Crippen LogP contribution in [0.2, 0.25) is 0 Å². The van der Waals surface area contributed by atoms with Crippen LogP contribution in [-0.4, -0.2) is 102 Å². The van der Waals surface area contributed by atoms with E-state index in [1.54, 1.807) is 17.9 Å². The number of nitrogens with one attached hydrogen (secondary N) is 4. The van der Waals surface area contributed by atoms with Gasteiger partial charge in [-0.25, -0.2) is 8.42 Å². The molecule has 7 aliphatic rings. The number of hydrogen-bond acceptors (Lipinski definition) is 8. The first kappa shape index (κ1) is 43.1. The molecule has 13 nitrogen and oxygen atoms in total. The van der Waals surface area contributed by atoms with E-state index in [1.165, 1.54) is 0 Å². The Labute approximate surface area is 346 Å². The number of carbonyl (C=O) groups is 5. The van der Waals surface area contributed by atoms with E-state index in [1.807, 2.05) is 27.7 Å². The van der Waals surface area contributed by atoms with E-state index in [-0.39, 0.29) is 52.3 Å². The highest BCUT2D eigenvalue weighted by Gasteiger charge is 2.85. The lowest BCUT2D eigenvalue weighted by atomic mass is 9.73. The molecule has 5 saturated carbocycles. The highest BCUT2D eigenvalue weighted by molar-refractivity contribution is 7.91. The lowest BCUT2D eigenvalue weighted by Gasteiger charge is -2.38. The first-order valence-corrected chi connectivity index (χ1v) is 23.8. The number of rotatable bonds is 13. The molecular formula is C44H70N6O7S. The quantitative estimate of drug-likeness (QED) is 0.199. The molecule has 2 aliphatic heterocycles. The maximum absolute atomic E-state index is 15.2. The summed E-state index contributed by atoms with van der Waals surface area (Å²) in [5, 5.41) is 9.28. The Morgan fingerprint density at radius 1 is 0.828 bits per heavy atom. The minimum Gasteiger partial charge on any atom is -0.343 e. The van der Waals surface area contributed by atoms with Crippen LogP contribution in [0, 0.1) is 33.5 Å². The number of amides is 5. The third-order valence-electron chi connectivity index (χ3n) is 16.9. The molecular weight excluding hydrogens is 757 g/mol. The zero-order valence-electron chi connectivity index (χ0n) is 36.1. The van der Waals surface area contributed by atoms with E-state index in [4.69, 9.17) is 0 Å². The van der Waals surface area contributed by atoms with Crippen molar-refractivity contribution in [3.8, 4) is 0 Å². The van der Waals surface area contributed by atoms with Crippen molar-refractivity contribution in [3.05, 3.63) is 12.7 Å². The molecule has 2 heterocycles. The third kappa shape index (κ3) is 6.72. The van der Waals surface area contributed by atoms with E-state index in [9.17, 15) is 27.6 Å². The molecule has 0 aromatic rings. The zero-order chi connectivity index (χ0) is 42.3. The smallest absolute Gasteiger partial charge is 0.259 e. The second-order valence-electron chi connectivity index (χ2n) is 21.1. The van der Waals surface area contributed by atoms with Gasteiger partial charge in [-0.15, -0.1) is 6.58 Å². The number of likely N-dealkylation sites (N-methyl/N-ethyl adjacent to an activating group) is 1. The fourth-order valence-corrected chi connectivity index (χ4v) is 13.8. The molecule has 2 spiro atoms. The molecule has 7 atom stereocenters. The first-order chi connectivity index (χ1) is 27.1. The Morgan fingerprint density at radius 2 is 1.48 bits per heavy atom. The van der Waals surface area contributed by atoms with Gasteiger partial charge in [0.1, 0.15) is 23.7 Å². The maximum Gasteiger partial charge on any atom is 0.259 e. The van der Waals surface area contributed by atoms with Crippen LogP contribution in [0.5, 0.6) is 0 Å². The van der Waals surface area contributed by atoms with Gasteiger partial charge < -0.3 is 20.9 Å². The maximum atomic E-state index is 15.2. The van der Waals surface area contributed by atoms with Crippen LogP contribution in [0.25, 0.3) is 0 Å². The summed E-state index contributed by atoms with van der Waals surface area (Å²) in [5.74, 6) is -2.70. The number of likely N-dealkylation sites (tertiary alicyclic amines) is 2. The minimum absolute atomic E-state index is 0.0123. The summed E-state index contributed by atoms with van der Waals surface area (Å²) in [4.78, 5) is 76.1. The molecule has 5 amide bonds. The summed E-state index contributed by atoms with van der Waals surface area (Å²) in [6.45, 7) is 19.7. The van der Waals surface area contributed by atoms with Crippen LogP contribution < -0.4 is 20.7 Å². The summed E-state index contributed by atoms with van der Waals surface area (Å²) in [7, 11) is -4.00. The average molecular weight is 827 g/mol. The van der Waals surface area contributed by atoms with Crippen LogP contribution in [0.1, 0.15) is 145 Å². The monoisotopic (exact) mass is 827 g/mol. The van der Waals surface area contributed by atoms with Crippen molar-refractivity contribution in [3.63, 3.8) is 0 Å². The zero-order valence-corrected chi connectivity index (χ0v) is 37.0. The fourth-order valence-electron chi connectivity index (χ4n) is 12.3.